The van der Waals surface area contributed by atoms with Crippen LogP contribution in [0, 0.1) is 0 Å². The SMILES string of the molecule is CCCNC(C)(COCCC)C(N)=O. The minimum absolute atomic E-state index is 0.343. The highest BCUT2D eigenvalue weighted by Gasteiger charge is 2.30. The molecule has 0 aromatic rings. The summed E-state index contributed by atoms with van der Waals surface area (Å²) in [4.78, 5) is 11.2. The number of ether oxygens (including phenoxy) is 1. The standard InChI is InChI=1S/C10H22N2O2/c1-4-6-12-10(3,9(11)13)8-14-7-5-2/h12H,4-8H2,1-3H3,(H2,11,13). The van der Waals surface area contributed by atoms with Gasteiger partial charge in [-0.15, -0.1) is 0 Å². The van der Waals surface area contributed by atoms with Crippen molar-refractivity contribution >= 4 is 5.91 Å². The number of amides is 1. The van der Waals surface area contributed by atoms with Gasteiger partial charge in [0.25, 0.3) is 0 Å². The summed E-state index contributed by atoms with van der Waals surface area (Å²) in [5.74, 6) is -0.359. The molecule has 0 radical (unpaired) electrons. The number of carbonyl (C=O) groups is 1. The van der Waals surface area contributed by atoms with Crippen LogP contribution < -0.4 is 11.1 Å². The first-order valence-electron chi connectivity index (χ1n) is 5.19. The van der Waals surface area contributed by atoms with Gasteiger partial charge in [0.15, 0.2) is 0 Å². The minimum Gasteiger partial charge on any atom is -0.379 e. The molecule has 0 spiro atoms. The van der Waals surface area contributed by atoms with Crippen LogP contribution in [-0.4, -0.2) is 31.2 Å². The topological polar surface area (TPSA) is 64.3 Å². The molecule has 1 unspecified atom stereocenters. The zero-order valence-corrected chi connectivity index (χ0v) is 9.43. The van der Waals surface area contributed by atoms with Gasteiger partial charge in [0, 0.05) is 6.61 Å². The van der Waals surface area contributed by atoms with Crippen molar-refractivity contribution in [2.24, 2.45) is 5.73 Å². The van der Waals surface area contributed by atoms with Crippen LogP contribution in [0.4, 0.5) is 0 Å². The van der Waals surface area contributed by atoms with Gasteiger partial charge in [-0.05, 0) is 26.3 Å². The summed E-state index contributed by atoms with van der Waals surface area (Å²) in [6, 6.07) is 0. The highest BCUT2D eigenvalue weighted by atomic mass is 16.5. The Hall–Kier alpha value is -0.610. The van der Waals surface area contributed by atoms with Crippen molar-refractivity contribution in [2.75, 3.05) is 19.8 Å². The van der Waals surface area contributed by atoms with Gasteiger partial charge in [-0.2, -0.15) is 0 Å². The molecule has 0 aliphatic rings. The van der Waals surface area contributed by atoms with E-state index in [4.69, 9.17) is 10.5 Å². The molecule has 0 heterocycles. The van der Waals surface area contributed by atoms with Gasteiger partial charge in [-0.3, -0.25) is 4.79 Å². The molecule has 0 aromatic carbocycles. The summed E-state index contributed by atoms with van der Waals surface area (Å²) in [6.07, 6.45) is 1.92. The second kappa shape index (κ2) is 6.79. The highest BCUT2D eigenvalue weighted by Crippen LogP contribution is 2.04. The number of primary amides is 1. The first-order valence-corrected chi connectivity index (χ1v) is 5.19. The summed E-state index contributed by atoms with van der Waals surface area (Å²) in [7, 11) is 0. The Morgan fingerprint density at radius 3 is 2.50 bits per heavy atom. The van der Waals surface area contributed by atoms with Crippen molar-refractivity contribution in [1.82, 2.24) is 5.32 Å². The summed E-state index contributed by atoms with van der Waals surface area (Å²) in [5.41, 5.74) is 4.58. The van der Waals surface area contributed by atoms with Crippen molar-refractivity contribution in [3.05, 3.63) is 0 Å². The van der Waals surface area contributed by atoms with Crippen molar-refractivity contribution in [2.45, 2.75) is 39.2 Å². The Morgan fingerprint density at radius 1 is 1.43 bits per heavy atom. The number of nitrogens with two attached hydrogens (primary N) is 1. The van der Waals surface area contributed by atoms with Gasteiger partial charge >= 0.3 is 0 Å². The van der Waals surface area contributed by atoms with Crippen LogP contribution in [0.1, 0.15) is 33.6 Å². The quantitative estimate of drug-likeness (QED) is 0.568. The largest absolute Gasteiger partial charge is 0.379 e. The van der Waals surface area contributed by atoms with Crippen LogP contribution in [0.5, 0.6) is 0 Å². The van der Waals surface area contributed by atoms with Crippen molar-refractivity contribution in [3.8, 4) is 0 Å². The normalized spacial score (nSPS) is 15.1. The van der Waals surface area contributed by atoms with Gasteiger partial charge < -0.3 is 15.8 Å². The first-order chi connectivity index (χ1) is 6.56. The van der Waals surface area contributed by atoms with Gasteiger partial charge in [-0.1, -0.05) is 13.8 Å². The molecule has 84 valence electrons. The van der Waals surface area contributed by atoms with Gasteiger partial charge in [0.1, 0.15) is 5.54 Å². The number of hydrogen-bond acceptors (Lipinski definition) is 3. The van der Waals surface area contributed by atoms with Crippen LogP contribution in [0.25, 0.3) is 0 Å². The Bertz CT molecular complexity index is 174. The van der Waals surface area contributed by atoms with E-state index in [0.717, 1.165) is 19.4 Å². The van der Waals surface area contributed by atoms with Crippen molar-refractivity contribution in [1.29, 1.82) is 0 Å². The molecule has 4 nitrogen and oxygen atoms in total. The van der Waals surface area contributed by atoms with Crippen LogP contribution in [0.3, 0.4) is 0 Å². The van der Waals surface area contributed by atoms with Crippen molar-refractivity contribution < 1.29 is 9.53 Å². The van der Waals surface area contributed by atoms with Crippen molar-refractivity contribution in [3.63, 3.8) is 0 Å². The fraction of sp³-hybridized carbons (Fsp3) is 0.900. The van der Waals surface area contributed by atoms with Gasteiger partial charge in [0.2, 0.25) is 5.91 Å². The third-order valence-electron chi connectivity index (χ3n) is 2.05. The lowest BCUT2D eigenvalue weighted by Gasteiger charge is -2.27. The monoisotopic (exact) mass is 202 g/mol. The second-order valence-corrected chi connectivity index (χ2v) is 3.68. The number of carbonyl (C=O) groups excluding carboxylic acids is 1. The number of hydrogen-bond donors (Lipinski definition) is 2. The minimum atomic E-state index is -0.731. The molecule has 0 saturated heterocycles. The summed E-state index contributed by atoms with van der Waals surface area (Å²) < 4.78 is 5.34. The van der Waals surface area contributed by atoms with E-state index in [-0.39, 0.29) is 5.91 Å². The maximum Gasteiger partial charge on any atom is 0.239 e. The second-order valence-electron chi connectivity index (χ2n) is 3.68. The van der Waals surface area contributed by atoms with E-state index >= 15 is 0 Å². The Morgan fingerprint density at radius 2 is 2.07 bits per heavy atom. The molecule has 4 heteroatoms. The van der Waals surface area contributed by atoms with Gasteiger partial charge in [-0.25, -0.2) is 0 Å². The molecule has 0 saturated carbocycles. The smallest absolute Gasteiger partial charge is 0.239 e. The molecular formula is C10H22N2O2. The molecule has 0 rings (SSSR count). The number of rotatable bonds is 8. The van der Waals surface area contributed by atoms with E-state index in [9.17, 15) is 4.79 Å². The van der Waals surface area contributed by atoms with E-state index < -0.39 is 5.54 Å². The molecule has 0 aromatic heterocycles. The fourth-order valence-corrected chi connectivity index (χ4v) is 1.03. The lowest BCUT2D eigenvalue weighted by Crippen LogP contribution is -2.56. The maximum atomic E-state index is 11.2. The molecule has 0 aliphatic carbocycles. The third-order valence-corrected chi connectivity index (χ3v) is 2.05. The van der Waals surface area contributed by atoms with Gasteiger partial charge in [0.05, 0.1) is 6.61 Å². The van der Waals surface area contributed by atoms with E-state index in [1.165, 1.54) is 0 Å². The van der Waals surface area contributed by atoms with E-state index in [1.807, 2.05) is 13.8 Å². The average molecular weight is 202 g/mol. The maximum absolute atomic E-state index is 11.2. The molecule has 1 amide bonds. The summed E-state index contributed by atoms with van der Waals surface area (Å²) in [6.45, 7) is 7.63. The first kappa shape index (κ1) is 13.4. The zero-order chi connectivity index (χ0) is 11.0. The summed E-state index contributed by atoms with van der Waals surface area (Å²) in [5, 5.41) is 3.10. The van der Waals surface area contributed by atoms with Crippen LogP contribution >= 0.6 is 0 Å². The van der Waals surface area contributed by atoms with E-state index in [1.54, 1.807) is 6.92 Å². The molecule has 0 aliphatic heterocycles. The average Bonchev–Trinajstić information content (AvgIpc) is 2.15. The predicted octanol–water partition coefficient (Wildman–Crippen LogP) is 0.657. The lowest BCUT2D eigenvalue weighted by molar-refractivity contribution is -0.126. The number of nitrogens with one attached hydrogen (secondary N) is 1. The fourth-order valence-electron chi connectivity index (χ4n) is 1.03. The van der Waals surface area contributed by atoms with Crippen LogP contribution in [0.2, 0.25) is 0 Å². The molecule has 1 atom stereocenters. The lowest BCUT2D eigenvalue weighted by atomic mass is 10.0. The molecule has 0 fully saturated rings. The predicted molar refractivity (Wildman–Crippen MR) is 57.0 cm³/mol. The van der Waals surface area contributed by atoms with Crippen LogP contribution in [-0.2, 0) is 9.53 Å². The Kier molecular flexibility index (Phi) is 6.49. The molecule has 0 bridgehead atoms. The van der Waals surface area contributed by atoms with E-state index in [0.29, 0.717) is 13.2 Å². The Labute approximate surface area is 86.2 Å². The molecule has 14 heavy (non-hydrogen) atoms. The molecule has 3 N–H and O–H groups in total. The third kappa shape index (κ3) is 4.58. The molecular weight excluding hydrogens is 180 g/mol. The summed E-state index contributed by atoms with van der Waals surface area (Å²) >= 11 is 0. The highest BCUT2D eigenvalue weighted by molar-refractivity contribution is 5.84. The Balaban J connectivity index is 4.03. The zero-order valence-electron chi connectivity index (χ0n) is 9.43. The van der Waals surface area contributed by atoms with Crippen LogP contribution in [0.15, 0.2) is 0 Å². The van der Waals surface area contributed by atoms with E-state index in [2.05, 4.69) is 5.32 Å².